The second-order valence-electron chi connectivity index (χ2n) is 10.1. The van der Waals surface area contributed by atoms with E-state index in [1.54, 1.807) is 18.2 Å². The molecule has 3 atom stereocenters. The van der Waals surface area contributed by atoms with Gasteiger partial charge >= 0.3 is 5.97 Å². The van der Waals surface area contributed by atoms with Gasteiger partial charge in [-0.2, -0.15) is 0 Å². The largest absolute Gasteiger partial charge is 0.452 e. The number of amides is 3. The first-order valence-electron chi connectivity index (χ1n) is 12.9. The van der Waals surface area contributed by atoms with Gasteiger partial charge in [0, 0.05) is 5.69 Å². The van der Waals surface area contributed by atoms with E-state index in [1.807, 2.05) is 44.2 Å². The molecule has 0 bridgehead atoms. The predicted molar refractivity (Wildman–Crippen MR) is 144 cm³/mol. The summed E-state index contributed by atoms with van der Waals surface area (Å²) in [5.41, 5.74) is 4.35. The molecule has 1 heterocycles. The number of hydrogen-bond acceptors (Lipinski definition) is 5. The minimum Gasteiger partial charge on any atom is -0.452 e. The average Bonchev–Trinajstić information content (AvgIpc) is 3.19. The number of benzene rings is 3. The molecule has 38 heavy (non-hydrogen) atoms. The summed E-state index contributed by atoms with van der Waals surface area (Å²) in [5, 5.41) is 2.76. The van der Waals surface area contributed by atoms with Crippen LogP contribution in [-0.4, -0.2) is 30.3 Å². The lowest BCUT2D eigenvalue weighted by molar-refractivity contribution is -0.122. The molecule has 1 aliphatic carbocycles. The Morgan fingerprint density at radius 2 is 1.63 bits per heavy atom. The molecular formula is C31H30N2O5. The van der Waals surface area contributed by atoms with E-state index in [4.69, 9.17) is 4.74 Å². The lowest BCUT2D eigenvalue weighted by Gasteiger charge is -2.28. The van der Waals surface area contributed by atoms with E-state index in [1.165, 1.54) is 22.6 Å². The highest BCUT2D eigenvalue weighted by atomic mass is 16.5. The van der Waals surface area contributed by atoms with Gasteiger partial charge in [0.1, 0.15) is 0 Å². The second kappa shape index (κ2) is 10.6. The van der Waals surface area contributed by atoms with Crippen LogP contribution in [0, 0.1) is 25.7 Å². The van der Waals surface area contributed by atoms with Gasteiger partial charge in [-0.15, -0.1) is 0 Å². The Morgan fingerprint density at radius 3 is 2.42 bits per heavy atom. The number of carbonyl (C=O) groups excluding carboxylic acids is 4. The van der Waals surface area contributed by atoms with Crippen molar-refractivity contribution in [2.45, 2.75) is 39.0 Å². The van der Waals surface area contributed by atoms with Gasteiger partial charge in [-0.05, 0) is 80.0 Å². The van der Waals surface area contributed by atoms with Crippen LogP contribution >= 0.6 is 0 Å². The lowest BCUT2D eigenvalue weighted by Crippen LogP contribution is -2.31. The summed E-state index contributed by atoms with van der Waals surface area (Å²) in [6.07, 6.45) is 2.14. The van der Waals surface area contributed by atoms with Gasteiger partial charge in [-0.25, -0.2) is 4.79 Å². The van der Waals surface area contributed by atoms with Crippen molar-refractivity contribution >= 4 is 35.1 Å². The molecule has 1 saturated carbocycles. The van der Waals surface area contributed by atoms with E-state index in [9.17, 15) is 19.2 Å². The van der Waals surface area contributed by atoms with Crippen LogP contribution in [0.1, 0.15) is 52.2 Å². The number of nitrogens with one attached hydrogen (secondary N) is 1. The first-order valence-corrected chi connectivity index (χ1v) is 12.9. The number of esters is 1. The average molecular weight is 511 g/mol. The number of rotatable bonds is 6. The molecule has 3 amide bonds. The molecule has 0 radical (unpaired) electrons. The fraction of sp³-hybridized carbons (Fsp3) is 0.290. The van der Waals surface area contributed by atoms with Crippen molar-refractivity contribution in [3.05, 3.63) is 95.1 Å². The van der Waals surface area contributed by atoms with Crippen LogP contribution in [-0.2, 0) is 19.1 Å². The molecule has 1 N–H and O–H groups in total. The van der Waals surface area contributed by atoms with E-state index in [0.717, 1.165) is 17.5 Å². The summed E-state index contributed by atoms with van der Waals surface area (Å²) < 4.78 is 5.22. The number of nitrogens with zero attached hydrogens (tertiary/aromatic N) is 1. The maximum Gasteiger partial charge on any atom is 0.338 e. The SMILES string of the molecule is Cc1cccc(NC(=O)COC(=O)c2cccc(N3C(=O)[C@H]4C[C@@H](c5ccccc5)CC[C@H]4C3=O)c2)c1C. The fourth-order valence-electron chi connectivity index (χ4n) is 5.52. The van der Waals surface area contributed by atoms with Gasteiger partial charge in [0.05, 0.1) is 23.1 Å². The van der Waals surface area contributed by atoms with Gasteiger partial charge in [0.15, 0.2) is 6.61 Å². The minimum atomic E-state index is -0.705. The van der Waals surface area contributed by atoms with E-state index >= 15 is 0 Å². The Morgan fingerprint density at radius 1 is 0.895 bits per heavy atom. The Bertz CT molecular complexity index is 1400. The fourth-order valence-corrected chi connectivity index (χ4v) is 5.52. The molecule has 1 aliphatic heterocycles. The van der Waals surface area contributed by atoms with Gasteiger partial charge in [0.25, 0.3) is 5.91 Å². The molecule has 3 aromatic carbocycles. The van der Waals surface area contributed by atoms with Crippen molar-refractivity contribution in [3.8, 4) is 0 Å². The van der Waals surface area contributed by atoms with Crippen LogP contribution in [0.3, 0.4) is 0 Å². The zero-order chi connectivity index (χ0) is 26.8. The third-order valence-corrected chi connectivity index (χ3v) is 7.75. The van der Waals surface area contributed by atoms with Crippen molar-refractivity contribution in [1.82, 2.24) is 0 Å². The van der Waals surface area contributed by atoms with E-state index in [2.05, 4.69) is 17.4 Å². The van der Waals surface area contributed by atoms with Gasteiger partial charge in [0.2, 0.25) is 11.8 Å². The monoisotopic (exact) mass is 510 g/mol. The normalized spacial score (nSPS) is 20.7. The summed E-state index contributed by atoms with van der Waals surface area (Å²) >= 11 is 0. The van der Waals surface area contributed by atoms with Crippen LogP contribution in [0.25, 0.3) is 0 Å². The number of fused-ring (bicyclic) bond motifs is 1. The molecule has 3 aromatic rings. The molecule has 7 heteroatoms. The highest BCUT2D eigenvalue weighted by Gasteiger charge is 2.50. The third kappa shape index (κ3) is 4.96. The molecule has 7 nitrogen and oxygen atoms in total. The van der Waals surface area contributed by atoms with Crippen LogP contribution < -0.4 is 10.2 Å². The summed E-state index contributed by atoms with van der Waals surface area (Å²) in [6.45, 7) is 3.40. The molecular weight excluding hydrogens is 480 g/mol. The summed E-state index contributed by atoms with van der Waals surface area (Å²) in [7, 11) is 0. The van der Waals surface area contributed by atoms with Crippen molar-refractivity contribution in [3.63, 3.8) is 0 Å². The maximum atomic E-state index is 13.4. The molecule has 0 aromatic heterocycles. The molecule has 5 rings (SSSR count). The van der Waals surface area contributed by atoms with Crippen LogP contribution in [0.4, 0.5) is 11.4 Å². The summed E-state index contributed by atoms with van der Waals surface area (Å²) in [5.74, 6) is -2.07. The van der Waals surface area contributed by atoms with Crippen molar-refractivity contribution in [2.24, 2.45) is 11.8 Å². The van der Waals surface area contributed by atoms with E-state index in [-0.39, 0.29) is 35.1 Å². The van der Waals surface area contributed by atoms with Crippen LogP contribution in [0.15, 0.2) is 72.8 Å². The Labute approximate surface area is 221 Å². The minimum absolute atomic E-state index is 0.166. The maximum absolute atomic E-state index is 13.4. The van der Waals surface area contributed by atoms with E-state index in [0.29, 0.717) is 24.2 Å². The molecule has 2 aliphatic rings. The van der Waals surface area contributed by atoms with Gasteiger partial charge < -0.3 is 10.1 Å². The van der Waals surface area contributed by atoms with Crippen LogP contribution in [0.5, 0.6) is 0 Å². The van der Waals surface area contributed by atoms with Gasteiger partial charge in [-0.1, -0.05) is 48.5 Å². The number of hydrogen-bond donors (Lipinski definition) is 1. The standard InChI is InChI=1S/C31H30N2O5/c1-19-8-6-13-27(20(19)2)32-28(34)18-38-31(37)23-11-7-12-24(16-23)33-29(35)25-15-14-22(17-26(25)30(33)36)21-9-4-3-5-10-21/h3-13,16,22,25-26H,14-15,17-18H2,1-2H3,(H,32,34)/t22-,25+,26-/m0/s1. The molecule has 2 fully saturated rings. The number of carbonyl (C=O) groups is 4. The predicted octanol–water partition coefficient (Wildman–Crippen LogP) is 5.17. The van der Waals surface area contributed by atoms with Crippen molar-refractivity contribution in [1.29, 1.82) is 0 Å². The third-order valence-electron chi connectivity index (χ3n) is 7.75. The Hall–Kier alpha value is -4.26. The number of anilines is 2. The quantitative estimate of drug-likeness (QED) is 0.365. The van der Waals surface area contributed by atoms with Crippen molar-refractivity contribution in [2.75, 3.05) is 16.8 Å². The second-order valence-corrected chi connectivity index (χ2v) is 10.1. The first-order chi connectivity index (χ1) is 18.3. The molecule has 0 spiro atoms. The summed E-state index contributed by atoms with van der Waals surface area (Å²) in [4.78, 5) is 52.9. The molecule has 0 unspecified atom stereocenters. The number of ether oxygens (including phenoxy) is 1. The Kier molecular flexibility index (Phi) is 7.09. The smallest absolute Gasteiger partial charge is 0.338 e. The number of imide groups is 1. The summed E-state index contributed by atoms with van der Waals surface area (Å²) in [6, 6.07) is 21.9. The van der Waals surface area contributed by atoms with E-state index < -0.39 is 18.5 Å². The molecule has 194 valence electrons. The molecule has 1 saturated heterocycles. The topological polar surface area (TPSA) is 92.8 Å². The zero-order valence-corrected chi connectivity index (χ0v) is 21.5. The lowest BCUT2D eigenvalue weighted by atomic mass is 9.73. The number of aryl methyl sites for hydroxylation is 1. The highest BCUT2D eigenvalue weighted by Crippen LogP contribution is 2.45. The first kappa shape index (κ1) is 25.4. The highest BCUT2D eigenvalue weighted by molar-refractivity contribution is 6.22. The van der Waals surface area contributed by atoms with Crippen LogP contribution in [0.2, 0.25) is 0 Å². The van der Waals surface area contributed by atoms with Gasteiger partial charge in [-0.3, -0.25) is 19.3 Å². The zero-order valence-electron chi connectivity index (χ0n) is 21.5. The van der Waals surface area contributed by atoms with Crippen molar-refractivity contribution < 1.29 is 23.9 Å². The Balaban J connectivity index is 1.25.